The Morgan fingerprint density at radius 1 is 1.23 bits per heavy atom. The van der Waals surface area contributed by atoms with Crippen molar-refractivity contribution in [1.82, 2.24) is 0 Å². The smallest absolute Gasteiger partial charge is 0.430 e. The fourth-order valence-corrected chi connectivity index (χ4v) is 4.36. The Morgan fingerprint density at radius 2 is 1.82 bits per heavy atom. The van der Waals surface area contributed by atoms with E-state index in [-0.39, 0.29) is 12.4 Å². The van der Waals surface area contributed by atoms with Crippen LogP contribution < -0.4 is 4.74 Å². The monoisotopic (exact) mass is 350 g/mol. The molecule has 0 spiro atoms. The summed E-state index contributed by atoms with van der Waals surface area (Å²) in [5, 5.41) is 0. The molecule has 0 atom stereocenters. The van der Waals surface area contributed by atoms with Crippen LogP contribution in [0.2, 0.25) is 0 Å². The minimum absolute atomic E-state index is 0.0524. The summed E-state index contributed by atoms with van der Waals surface area (Å²) in [6.07, 6.45) is 3.87. The van der Waals surface area contributed by atoms with Crippen LogP contribution in [-0.4, -0.2) is 40.8 Å². The summed E-state index contributed by atoms with van der Waals surface area (Å²) in [6.45, 7) is 3.46. The van der Waals surface area contributed by atoms with Gasteiger partial charge in [-0.1, -0.05) is 23.0 Å². The van der Waals surface area contributed by atoms with Gasteiger partial charge < -0.3 is 9.47 Å². The van der Waals surface area contributed by atoms with E-state index in [1.165, 1.54) is 18.2 Å². The zero-order valence-corrected chi connectivity index (χ0v) is 14.1. The normalized spacial score (nSPS) is 12.5. The molecule has 0 aliphatic heterocycles. The SMILES string of the molecule is C=CCOC(=O)Oc1ccc(S(C)(C)OS(=O)(=O)OC)cc1. The van der Waals surface area contributed by atoms with E-state index in [0.717, 1.165) is 7.11 Å². The molecule has 0 unspecified atom stereocenters. The molecule has 0 bridgehead atoms. The summed E-state index contributed by atoms with van der Waals surface area (Å²) in [7, 11) is -5.11. The fourth-order valence-electron chi connectivity index (χ4n) is 1.36. The maximum Gasteiger partial charge on any atom is 0.514 e. The lowest BCUT2D eigenvalue weighted by molar-refractivity contribution is 0.109. The highest BCUT2D eigenvalue weighted by molar-refractivity contribution is 8.31. The first-order valence-corrected chi connectivity index (χ1v) is 9.71. The zero-order chi connectivity index (χ0) is 16.8. The van der Waals surface area contributed by atoms with Crippen molar-refractivity contribution < 1.29 is 30.5 Å². The number of ether oxygens (including phenoxy) is 2. The first kappa shape index (κ1) is 18.5. The van der Waals surface area contributed by atoms with Crippen LogP contribution >= 0.6 is 10.3 Å². The standard InChI is InChI=1S/C13H18O7S2/c1-5-10-18-13(14)19-11-6-8-12(9-7-11)21(3,4)20-22(15,16)17-2/h5-9H,1,10H2,2-4H3. The molecule has 0 aliphatic rings. The van der Waals surface area contributed by atoms with Gasteiger partial charge in [-0.25, -0.2) is 4.79 Å². The summed E-state index contributed by atoms with van der Waals surface area (Å²) in [5.74, 6) is 0.266. The highest BCUT2D eigenvalue weighted by Gasteiger charge is 2.24. The lowest BCUT2D eigenvalue weighted by Gasteiger charge is -2.29. The van der Waals surface area contributed by atoms with E-state index in [1.807, 2.05) is 0 Å². The Balaban J connectivity index is 2.79. The van der Waals surface area contributed by atoms with Crippen molar-refractivity contribution in [2.24, 2.45) is 0 Å². The molecule has 0 radical (unpaired) electrons. The molecule has 0 aliphatic carbocycles. The molecule has 0 saturated heterocycles. The molecule has 22 heavy (non-hydrogen) atoms. The van der Waals surface area contributed by atoms with Crippen LogP contribution in [0.3, 0.4) is 0 Å². The fraction of sp³-hybridized carbons (Fsp3) is 0.308. The topological polar surface area (TPSA) is 88.1 Å². The second kappa shape index (κ2) is 7.63. The quantitative estimate of drug-likeness (QED) is 0.424. The minimum atomic E-state index is -4.04. The van der Waals surface area contributed by atoms with Crippen LogP contribution in [0.5, 0.6) is 5.75 Å². The minimum Gasteiger partial charge on any atom is -0.430 e. The van der Waals surface area contributed by atoms with Crippen molar-refractivity contribution in [3.63, 3.8) is 0 Å². The molecule has 0 N–H and O–H groups in total. The Hall–Kier alpha value is -1.55. The summed E-state index contributed by atoms with van der Waals surface area (Å²) in [4.78, 5) is 11.9. The number of rotatable bonds is 7. The van der Waals surface area contributed by atoms with E-state index in [2.05, 4.69) is 15.5 Å². The van der Waals surface area contributed by atoms with Crippen LogP contribution in [0.25, 0.3) is 0 Å². The van der Waals surface area contributed by atoms with E-state index in [4.69, 9.17) is 8.37 Å². The van der Waals surface area contributed by atoms with Crippen molar-refractivity contribution in [2.45, 2.75) is 4.90 Å². The summed E-state index contributed by atoms with van der Waals surface area (Å²) in [5.41, 5.74) is 0. The zero-order valence-electron chi connectivity index (χ0n) is 12.5. The molecule has 1 rings (SSSR count). The molecule has 0 aromatic heterocycles. The van der Waals surface area contributed by atoms with Crippen LogP contribution in [0.15, 0.2) is 41.8 Å². The number of benzene rings is 1. The van der Waals surface area contributed by atoms with Gasteiger partial charge in [-0.15, -0.1) is 0 Å². The highest BCUT2D eigenvalue weighted by Crippen LogP contribution is 2.51. The third-order valence-corrected chi connectivity index (χ3v) is 6.21. The van der Waals surface area contributed by atoms with Gasteiger partial charge in [0.1, 0.15) is 12.4 Å². The summed E-state index contributed by atoms with van der Waals surface area (Å²) < 4.78 is 41.7. The van der Waals surface area contributed by atoms with E-state index >= 15 is 0 Å². The van der Waals surface area contributed by atoms with Crippen molar-refractivity contribution in [3.05, 3.63) is 36.9 Å². The summed E-state index contributed by atoms with van der Waals surface area (Å²) in [6, 6.07) is 6.25. The maximum atomic E-state index is 11.4. The Kier molecular flexibility index (Phi) is 6.42. The predicted octanol–water partition coefficient (Wildman–Crippen LogP) is 2.63. The third-order valence-electron chi connectivity index (χ3n) is 2.37. The van der Waals surface area contributed by atoms with Gasteiger partial charge in [-0.3, -0.25) is 4.18 Å². The Labute approximate surface area is 131 Å². The molecule has 0 fully saturated rings. The van der Waals surface area contributed by atoms with Gasteiger partial charge >= 0.3 is 16.6 Å². The van der Waals surface area contributed by atoms with Crippen LogP contribution in [0.1, 0.15) is 0 Å². The van der Waals surface area contributed by atoms with Crippen molar-refractivity contribution in [3.8, 4) is 5.75 Å². The van der Waals surface area contributed by atoms with E-state index in [9.17, 15) is 13.2 Å². The average Bonchev–Trinajstić information content (AvgIpc) is 2.44. The van der Waals surface area contributed by atoms with E-state index in [1.54, 1.807) is 24.6 Å². The third kappa shape index (κ3) is 5.68. The summed E-state index contributed by atoms with van der Waals surface area (Å²) >= 11 is 0. The van der Waals surface area contributed by atoms with Crippen LogP contribution in [0.4, 0.5) is 4.79 Å². The Bertz CT molecular complexity index is 620. The molecular formula is C13H18O7S2. The van der Waals surface area contributed by atoms with Gasteiger partial charge in [0, 0.05) is 4.90 Å². The molecule has 0 amide bonds. The average molecular weight is 350 g/mol. The van der Waals surface area contributed by atoms with Crippen molar-refractivity contribution >= 4 is 26.9 Å². The predicted molar refractivity (Wildman–Crippen MR) is 83.3 cm³/mol. The maximum absolute atomic E-state index is 11.4. The van der Waals surface area contributed by atoms with Crippen LogP contribution in [0, 0.1) is 0 Å². The number of carbonyl (C=O) groups excluding carboxylic acids is 1. The van der Waals surface area contributed by atoms with Gasteiger partial charge in [0.15, 0.2) is 0 Å². The molecule has 7 nitrogen and oxygen atoms in total. The largest absolute Gasteiger partial charge is 0.514 e. The first-order chi connectivity index (χ1) is 10.2. The molecule has 0 saturated carbocycles. The lowest BCUT2D eigenvalue weighted by Crippen LogP contribution is -2.12. The van der Waals surface area contributed by atoms with Crippen molar-refractivity contribution in [2.75, 3.05) is 26.2 Å². The second-order valence-corrected chi connectivity index (χ2v) is 8.93. The number of hydrogen-bond acceptors (Lipinski definition) is 7. The molecule has 124 valence electrons. The molecule has 9 heteroatoms. The first-order valence-electron chi connectivity index (χ1n) is 6.01. The molecule has 1 aromatic rings. The highest BCUT2D eigenvalue weighted by atomic mass is 32.3. The number of carbonyl (C=O) groups is 1. The second-order valence-electron chi connectivity index (χ2n) is 4.30. The molecule has 1 aromatic carbocycles. The molecular weight excluding hydrogens is 332 g/mol. The van der Waals surface area contributed by atoms with Gasteiger partial charge in [-0.05, 0) is 36.8 Å². The van der Waals surface area contributed by atoms with E-state index < -0.39 is 26.9 Å². The van der Waals surface area contributed by atoms with Crippen LogP contribution in [-0.2, 0) is 22.9 Å². The van der Waals surface area contributed by atoms with Crippen molar-refractivity contribution in [1.29, 1.82) is 0 Å². The molecule has 0 heterocycles. The lowest BCUT2D eigenvalue weighted by atomic mass is 10.3. The van der Waals surface area contributed by atoms with Gasteiger partial charge in [0.2, 0.25) is 0 Å². The van der Waals surface area contributed by atoms with Gasteiger partial charge in [0.25, 0.3) is 0 Å². The van der Waals surface area contributed by atoms with Gasteiger partial charge in [0.05, 0.1) is 7.11 Å². The van der Waals surface area contributed by atoms with Gasteiger partial charge in [-0.2, -0.15) is 12.0 Å². The Morgan fingerprint density at radius 3 is 2.32 bits per heavy atom. The van der Waals surface area contributed by atoms with E-state index in [0.29, 0.717) is 4.90 Å². The number of hydrogen-bond donors (Lipinski definition) is 0.